The maximum absolute atomic E-state index is 9.93. The summed E-state index contributed by atoms with van der Waals surface area (Å²) in [5.74, 6) is 1.94. The Morgan fingerprint density at radius 3 is 2.75 bits per heavy atom. The van der Waals surface area contributed by atoms with Crippen molar-refractivity contribution < 1.29 is 19.1 Å². The van der Waals surface area contributed by atoms with Gasteiger partial charge in [0.2, 0.25) is 0 Å². The first-order valence-corrected chi connectivity index (χ1v) is 8.12. The minimum Gasteiger partial charge on any atom is -0.504 e. The molecule has 130 valence electrons. The van der Waals surface area contributed by atoms with Crippen molar-refractivity contribution >= 4 is 0 Å². The molecule has 0 spiro atoms. The van der Waals surface area contributed by atoms with Crippen LogP contribution in [-0.2, 0) is 17.7 Å². The van der Waals surface area contributed by atoms with Crippen LogP contribution in [0, 0.1) is 12.8 Å². The summed E-state index contributed by atoms with van der Waals surface area (Å²) >= 11 is 0. The number of phenolic OH excluding ortho intramolecular Hbond substituents is 1. The summed E-state index contributed by atoms with van der Waals surface area (Å²) in [5.41, 5.74) is 1.96. The third-order valence-electron chi connectivity index (χ3n) is 4.55. The number of nitrogens with zero attached hydrogens (tertiary/aromatic N) is 2. The van der Waals surface area contributed by atoms with E-state index in [9.17, 15) is 5.11 Å². The largest absolute Gasteiger partial charge is 0.504 e. The molecular weight excluding hydrogens is 308 g/mol. The second-order valence-corrected chi connectivity index (χ2v) is 6.37. The van der Waals surface area contributed by atoms with E-state index < -0.39 is 0 Å². The van der Waals surface area contributed by atoms with Gasteiger partial charge in [-0.05, 0) is 24.6 Å². The molecule has 3 rings (SSSR count). The highest BCUT2D eigenvalue weighted by Crippen LogP contribution is 2.29. The number of hydrogen-bond acceptors (Lipinski definition) is 6. The zero-order valence-corrected chi connectivity index (χ0v) is 14.4. The monoisotopic (exact) mass is 332 g/mol. The number of aromatic hydroxyl groups is 1. The molecule has 1 aliphatic rings. The number of likely N-dealkylation sites (tertiary alicyclic amines) is 1. The van der Waals surface area contributed by atoms with Crippen LogP contribution in [0.25, 0.3) is 0 Å². The van der Waals surface area contributed by atoms with Gasteiger partial charge in [0.1, 0.15) is 5.76 Å². The van der Waals surface area contributed by atoms with Crippen molar-refractivity contribution in [2.45, 2.75) is 26.0 Å². The fraction of sp³-hybridized carbons (Fsp3) is 0.500. The molecule has 2 atom stereocenters. The molecule has 1 aromatic heterocycles. The van der Waals surface area contributed by atoms with Crippen LogP contribution in [0.4, 0.5) is 0 Å². The number of ether oxygens (including phenoxy) is 2. The average molecular weight is 332 g/mol. The van der Waals surface area contributed by atoms with Gasteiger partial charge in [-0.15, -0.1) is 0 Å². The van der Waals surface area contributed by atoms with Gasteiger partial charge in [-0.3, -0.25) is 4.90 Å². The molecule has 24 heavy (non-hydrogen) atoms. The van der Waals surface area contributed by atoms with Gasteiger partial charge >= 0.3 is 0 Å². The van der Waals surface area contributed by atoms with E-state index >= 15 is 0 Å². The van der Waals surface area contributed by atoms with Gasteiger partial charge in [0, 0.05) is 45.1 Å². The van der Waals surface area contributed by atoms with E-state index in [1.54, 1.807) is 26.4 Å². The van der Waals surface area contributed by atoms with E-state index in [1.807, 2.05) is 19.1 Å². The molecule has 6 nitrogen and oxygen atoms in total. The molecule has 0 aliphatic carbocycles. The second-order valence-electron chi connectivity index (χ2n) is 6.37. The van der Waals surface area contributed by atoms with Crippen molar-refractivity contribution in [2.75, 3.05) is 27.3 Å². The summed E-state index contributed by atoms with van der Waals surface area (Å²) in [5, 5.41) is 13.9. The first kappa shape index (κ1) is 16.8. The zero-order chi connectivity index (χ0) is 17.1. The summed E-state index contributed by atoms with van der Waals surface area (Å²) in [6.45, 7) is 4.48. The minimum absolute atomic E-state index is 0.169. The molecule has 2 heterocycles. The molecule has 6 heteroatoms. The van der Waals surface area contributed by atoms with E-state index in [0.29, 0.717) is 11.7 Å². The van der Waals surface area contributed by atoms with Crippen LogP contribution in [0.5, 0.6) is 11.5 Å². The molecule has 1 saturated heterocycles. The number of hydrogen-bond donors (Lipinski definition) is 1. The zero-order valence-electron chi connectivity index (χ0n) is 14.4. The SMILES string of the molecule is COc1ccc(CN2CC(Cc3cc(C)no3)C(OC)C2)cc1O. The van der Waals surface area contributed by atoms with Gasteiger partial charge in [-0.1, -0.05) is 11.2 Å². The summed E-state index contributed by atoms with van der Waals surface area (Å²) in [6.07, 6.45) is 0.992. The maximum Gasteiger partial charge on any atom is 0.160 e. The van der Waals surface area contributed by atoms with Gasteiger partial charge in [0.15, 0.2) is 11.5 Å². The molecule has 0 bridgehead atoms. The van der Waals surface area contributed by atoms with E-state index in [1.165, 1.54) is 0 Å². The molecule has 1 N–H and O–H groups in total. The van der Waals surface area contributed by atoms with Crippen LogP contribution in [0.3, 0.4) is 0 Å². The summed E-state index contributed by atoms with van der Waals surface area (Å²) in [4.78, 5) is 2.34. The lowest BCUT2D eigenvalue weighted by Crippen LogP contribution is -2.23. The van der Waals surface area contributed by atoms with Crippen LogP contribution in [0.1, 0.15) is 17.0 Å². The van der Waals surface area contributed by atoms with E-state index in [-0.39, 0.29) is 11.9 Å². The Bertz CT molecular complexity index is 685. The smallest absolute Gasteiger partial charge is 0.160 e. The summed E-state index contributed by atoms with van der Waals surface area (Å²) < 4.78 is 16.1. The number of methoxy groups -OCH3 is 2. The van der Waals surface area contributed by atoms with Crippen molar-refractivity contribution in [3.8, 4) is 11.5 Å². The topological polar surface area (TPSA) is 68.0 Å². The maximum atomic E-state index is 9.93. The van der Waals surface area contributed by atoms with Gasteiger partial charge in [-0.25, -0.2) is 0 Å². The predicted molar refractivity (Wildman–Crippen MR) is 89.2 cm³/mol. The first-order valence-electron chi connectivity index (χ1n) is 8.12. The lowest BCUT2D eigenvalue weighted by Gasteiger charge is -2.16. The fourth-order valence-electron chi connectivity index (χ4n) is 3.38. The average Bonchev–Trinajstić information content (AvgIpc) is 3.14. The number of phenols is 1. The number of rotatable bonds is 6. The Morgan fingerprint density at radius 1 is 1.29 bits per heavy atom. The summed E-state index contributed by atoms with van der Waals surface area (Å²) in [6, 6.07) is 7.52. The highest BCUT2D eigenvalue weighted by molar-refractivity contribution is 5.41. The van der Waals surface area contributed by atoms with Crippen LogP contribution in [-0.4, -0.2) is 48.6 Å². The van der Waals surface area contributed by atoms with Crippen LogP contribution in [0.2, 0.25) is 0 Å². The van der Waals surface area contributed by atoms with Gasteiger partial charge in [0.05, 0.1) is 18.9 Å². The Labute approximate surface area is 142 Å². The summed E-state index contributed by atoms with van der Waals surface area (Å²) in [7, 11) is 3.31. The molecule has 0 amide bonds. The highest BCUT2D eigenvalue weighted by Gasteiger charge is 2.33. The quantitative estimate of drug-likeness (QED) is 0.876. The third-order valence-corrected chi connectivity index (χ3v) is 4.55. The van der Waals surface area contributed by atoms with E-state index in [0.717, 1.165) is 43.1 Å². The van der Waals surface area contributed by atoms with Crippen LogP contribution in [0.15, 0.2) is 28.8 Å². The lowest BCUT2D eigenvalue weighted by atomic mass is 10.0. The minimum atomic E-state index is 0.169. The van der Waals surface area contributed by atoms with Gasteiger partial charge in [-0.2, -0.15) is 0 Å². The Balaban J connectivity index is 1.64. The van der Waals surface area contributed by atoms with Crippen LogP contribution >= 0.6 is 0 Å². The molecule has 1 aromatic carbocycles. The van der Waals surface area contributed by atoms with Crippen LogP contribution < -0.4 is 4.74 Å². The van der Waals surface area contributed by atoms with Crippen molar-refractivity contribution in [1.82, 2.24) is 10.1 Å². The number of aryl methyl sites for hydroxylation is 1. The third kappa shape index (κ3) is 3.71. The first-order chi connectivity index (χ1) is 11.6. The normalized spacial score (nSPS) is 21.3. The van der Waals surface area contributed by atoms with Gasteiger partial charge in [0.25, 0.3) is 0 Å². The Hall–Kier alpha value is -2.05. The van der Waals surface area contributed by atoms with Crippen molar-refractivity contribution in [3.63, 3.8) is 0 Å². The van der Waals surface area contributed by atoms with Gasteiger partial charge < -0.3 is 19.1 Å². The van der Waals surface area contributed by atoms with Crippen molar-refractivity contribution in [3.05, 3.63) is 41.3 Å². The van der Waals surface area contributed by atoms with E-state index in [2.05, 4.69) is 10.1 Å². The van der Waals surface area contributed by atoms with E-state index in [4.69, 9.17) is 14.0 Å². The number of aromatic nitrogens is 1. The molecule has 2 aromatic rings. The van der Waals surface area contributed by atoms with Crippen molar-refractivity contribution in [1.29, 1.82) is 0 Å². The van der Waals surface area contributed by atoms with Crippen molar-refractivity contribution in [2.24, 2.45) is 5.92 Å². The molecule has 0 radical (unpaired) electrons. The molecule has 2 unspecified atom stereocenters. The number of benzene rings is 1. The Kier molecular flexibility index (Phi) is 5.06. The fourth-order valence-corrected chi connectivity index (χ4v) is 3.38. The lowest BCUT2D eigenvalue weighted by molar-refractivity contribution is 0.0761. The predicted octanol–water partition coefficient (Wildman–Crippen LogP) is 2.39. The second kappa shape index (κ2) is 7.23. The molecule has 1 fully saturated rings. The standard InChI is InChI=1S/C18H24N2O4/c1-12-6-15(24-19-12)8-14-10-20(11-18(14)23-3)9-13-4-5-17(22-2)16(21)7-13/h4-7,14,18,21H,8-11H2,1-3H3. The molecular formula is C18H24N2O4. The Morgan fingerprint density at radius 2 is 2.12 bits per heavy atom. The molecule has 1 aliphatic heterocycles. The molecule has 0 saturated carbocycles. The highest BCUT2D eigenvalue weighted by atomic mass is 16.5.